The first-order chi connectivity index (χ1) is 6.00. The molecule has 0 aliphatic heterocycles. The largest absolute Gasteiger partial charge is 2.00 e. The molecule has 0 amide bonds. The van der Waals surface area contributed by atoms with Crippen LogP contribution in [0.2, 0.25) is 0 Å². The molecule has 0 aromatic heterocycles. The molecule has 0 radical (unpaired) electrons. The first-order valence-electron chi connectivity index (χ1n) is 1.34. The van der Waals surface area contributed by atoms with E-state index in [-0.39, 0.29) is 45.9 Å². The van der Waals surface area contributed by atoms with Gasteiger partial charge < -0.3 is 83.3 Å². The Balaban J connectivity index is -0.00000000321. The third-order valence-corrected chi connectivity index (χ3v) is 0. The summed E-state index contributed by atoms with van der Waals surface area (Å²) in [4.78, 5) is 0. The summed E-state index contributed by atoms with van der Waals surface area (Å²) < 4.78 is 0. The fourth-order valence-corrected chi connectivity index (χ4v) is 0. The molecule has 0 aliphatic rings. The van der Waals surface area contributed by atoms with Crippen LogP contribution in [0.5, 0.6) is 0 Å². The van der Waals surface area contributed by atoms with Gasteiger partial charge in [0.15, 0.2) is 0 Å². The summed E-state index contributed by atoms with van der Waals surface area (Å²) in [5.74, 6) is 0. The van der Waals surface area contributed by atoms with E-state index in [0.29, 0.717) is 0 Å². The second kappa shape index (κ2) is 401. The van der Waals surface area contributed by atoms with E-state index in [2.05, 4.69) is 0 Å². The number of nitrogens with zero attached hydrogens (tertiary/aromatic N) is 6. The second-order valence-corrected chi connectivity index (χ2v) is 0. The maximum absolute atomic E-state index is 6.25. The molecule has 8 nitrogen and oxygen atoms in total. The summed E-state index contributed by atoms with van der Waals surface area (Å²) in [5.41, 5.74) is 0. The average Bonchev–Trinajstić information content (AvgIpc) is 2.33. The second-order valence-electron chi connectivity index (χ2n) is 0. The van der Waals surface area contributed by atoms with Crippen LogP contribution < -0.4 is 12.3 Å². The van der Waals surface area contributed by atoms with Gasteiger partial charge >= 0.3 is 33.6 Å². The van der Waals surface area contributed by atoms with Gasteiger partial charge in [-0.3, -0.25) is 0 Å². The Kier molecular flexibility index (Phi) is 3840. The van der Waals surface area contributed by atoms with Crippen molar-refractivity contribution < 1.29 is 33.6 Å². The fraction of sp³-hybridized carbons (Fsp3) is 0. The predicted octanol–water partition coefficient (Wildman–Crippen LogP) is 1.33. The van der Waals surface area contributed by atoms with E-state index >= 15 is 0 Å². The van der Waals surface area contributed by atoms with Gasteiger partial charge in [0.2, 0.25) is 0 Å². The Bertz CT molecular complexity index is 99.5. The zero-order valence-corrected chi connectivity index (χ0v) is 10.4. The van der Waals surface area contributed by atoms with Crippen molar-refractivity contribution in [2.45, 2.75) is 0 Å². The predicted molar refractivity (Wildman–Crippen MR) is 41.8 cm³/mol. The summed E-state index contributed by atoms with van der Waals surface area (Å²) in [6.07, 6.45) is 0. The quantitative estimate of drug-likeness (QED) is 0.496. The third-order valence-electron chi connectivity index (χ3n) is 0. The molecular weight excluding hydrogens is 299 g/mol. The Morgan fingerprint density at radius 2 is 0.375 bits per heavy atom. The molecule has 0 saturated heterocycles. The van der Waals surface area contributed by atoms with Crippen molar-refractivity contribution in [3.05, 3.63) is 39.4 Å². The average molecular weight is 307 g/mol. The third kappa shape index (κ3) is 310. The van der Waals surface area contributed by atoms with Gasteiger partial charge in [-0.15, -0.1) is 0 Å². The van der Waals surface area contributed by atoms with E-state index < -0.39 is 0 Å². The standard InChI is InChI=1S/6CN.Fe.2H3N.Ni/c6*1-2;;;;/h;;;;;;;2*1H3;/q6*-1;+2;;;+2/p+2. The number of hydrogen-bond donors (Lipinski definition) is 2. The van der Waals surface area contributed by atoms with Gasteiger partial charge in [0.1, 0.15) is 0 Å². The fourth-order valence-electron chi connectivity index (χ4n) is 0. The van der Waals surface area contributed by atoms with Gasteiger partial charge in [0.25, 0.3) is 0 Å². The molecule has 0 atom stereocenters. The summed E-state index contributed by atoms with van der Waals surface area (Å²) in [7, 11) is 0. The van der Waals surface area contributed by atoms with Crippen LogP contribution in [0.3, 0.4) is 0 Å². The van der Waals surface area contributed by atoms with E-state index in [0.717, 1.165) is 0 Å². The van der Waals surface area contributed by atoms with Crippen LogP contribution in [0.4, 0.5) is 0 Å². The van der Waals surface area contributed by atoms with Crippen LogP contribution in [0.25, 0.3) is 0 Å². The Hall–Kier alpha value is -2.13. The van der Waals surface area contributed by atoms with E-state index in [1.807, 2.05) is 0 Å². The molecule has 10 heteroatoms. The van der Waals surface area contributed by atoms with Crippen LogP contribution in [0, 0.1) is 71.0 Å². The van der Waals surface area contributed by atoms with Crippen LogP contribution in [0.15, 0.2) is 0 Å². The molecule has 0 spiro atoms. The minimum Gasteiger partial charge on any atom is -0.512 e. The van der Waals surface area contributed by atoms with Crippen molar-refractivity contribution in [2.24, 2.45) is 0 Å². The summed E-state index contributed by atoms with van der Waals surface area (Å²) in [5, 5.41) is 37.5. The molecule has 0 rings (SSSR count). The normalized spacial score (nSPS) is 0.750. The van der Waals surface area contributed by atoms with Gasteiger partial charge in [-0.25, -0.2) is 0 Å². The van der Waals surface area contributed by atoms with Crippen molar-refractivity contribution in [3.8, 4) is 0 Å². The Morgan fingerprint density at radius 3 is 0.375 bits per heavy atom. The van der Waals surface area contributed by atoms with Crippen LogP contribution in [-0.2, 0) is 33.6 Å². The molecule has 0 bridgehead atoms. The van der Waals surface area contributed by atoms with Crippen molar-refractivity contribution in [1.29, 1.82) is 31.6 Å². The van der Waals surface area contributed by atoms with Crippen LogP contribution in [-0.4, -0.2) is 0 Å². The van der Waals surface area contributed by atoms with Gasteiger partial charge in [0, 0.05) is 0 Å². The van der Waals surface area contributed by atoms with Crippen molar-refractivity contribution >= 4 is 0 Å². The topological polar surface area (TPSA) is 216 Å². The van der Waals surface area contributed by atoms with Gasteiger partial charge in [0.05, 0.1) is 0 Å². The van der Waals surface area contributed by atoms with Crippen molar-refractivity contribution in [1.82, 2.24) is 12.3 Å². The molecule has 8 N–H and O–H groups in total. The minimum atomic E-state index is 0. The molecule has 90 valence electrons. The Morgan fingerprint density at radius 1 is 0.375 bits per heavy atom. The zero-order valence-electron chi connectivity index (χ0n) is 8.35. The first-order valence-corrected chi connectivity index (χ1v) is 1.34. The molecule has 16 heavy (non-hydrogen) atoms. The molecule has 0 aromatic rings. The summed E-state index contributed by atoms with van der Waals surface area (Å²) in [6, 6.07) is 0. The van der Waals surface area contributed by atoms with Crippen molar-refractivity contribution in [2.75, 3.05) is 0 Å². The number of quaternary nitrogens is 2. The first kappa shape index (κ1) is 153. The van der Waals surface area contributed by atoms with E-state index in [1.54, 1.807) is 0 Å². The van der Waals surface area contributed by atoms with Gasteiger partial charge in [-0.2, -0.15) is 0 Å². The van der Waals surface area contributed by atoms with Crippen LogP contribution >= 0.6 is 0 Å². The number of hydrogen-bond acceptors (Lipinski definition) is 6. The zero-order chi connectivity index (χ0) is 12.0. The van der Waals surface area contributed by atoms with Gasteiger partial charge in [-0.05, 0) is 0 Å². The molecular formula is C6H8FeN8Ni. The van der Waals surface area contributed by atoms with E-state index in [9.17, 15) is 0 Å². The van der Waals surface area contributed by atoms with E-state index in [4.69, 9.17) is 71.0 Å². The molecule has 0 saturated carbocycles. The molecule has 0 aromatic carbocycles. The SMILES string of the molecule is [C-]#N.[C-]#N.[C-]#N.[C-]#N.[C-]#N.[C-]#N.[Fe+2].[NH4+].[NH4+].[Ni+2]. The van der Waals surface area contributed by atoms with Crippen LogP contribution in [0.1, 0.15) is 0 Å². The minimum absolute atomic E-state index is 0. The molecule has 0 aliphatic carbocycles. The molecule has 0 unspecified atom stereocenters. The molecule has 0 heterocycles. The smallest absolute Gasteiger partial charge is 0.512 e. The maximum atomic E-state index is 6.25. The monoisotopic (exact) mass is 306 g/mol. The Labute approximate surface area is 117 Å². The van der Waals surface area contributed by atoms with E-state index in [1.165, 1.54) is 0 Å². The van der Waals surface area contributed by atoms with Gasteiger partial charge in [-0.1, -0.05) is 0 Å². The van der Waals surface area contributed by atoms with Crippen molar-refractivity contribution in [3.63, 3.8) is 0 Å². The summed E-state index contributed by atoms with van der Waals surface area (Å²) >= 11 is 0. The number of rotatable bonds is 0. The maximum Gasteiger partial charge on any atom is 2.00 e. The summed E-state index contributed by atoms with van der Waals surface area (Å²) in [6.45, 7) is 28.5. The molecule has 0 fully saturated rings.